The predicted octanol–water partition coefficient (Wildman–Crippen LogP) is 1.97. The maximum atomic E-state index is 12.9. The second kappa shape index (κ2) is 6.57. The van der Waals surface area contributed by atoms with Crippen molar-refractivity contribution in [1.82, 2.24) is 10.2 Å². The fourth-order valence-corrected chi connectivity index (χ4v) is 5.54. The molecule has 3 unspecified atom stereocenters. The van der Waals surface area contributed by atoms with Crippen LogP contribution in [0.2, 0.25) is 0 Å². The highest BCUT2D eigenvalue weighted by molar-refractivity contribution is 8.01. The summed E-state index contributed by atoms with van der Waals surface area (Å²) in [5, 5.41) is 11.7. The van der Waals surface area contributed by atoms with Gasteiger partial charge in [0, 0.05) is 16.1 Å². The Morgan fingerprint density at radius 1 is 1.40 bits per heavy atom. The van der Waals surface area contributed by atoms with Crippen LogP contribution in [0.15, 0.2) is 24.3 Å². The summed E-state index contributed by atoms with van der Waals surface area (Å²) in [4.78, 5) is 38.7. The van der Waals surface area contributed by atoms with Gasteiger partial charge in [0.15, 0.2) is 0 Å². The molecule has 6 nitrogen and oxygen atoms in total. The lowest BCUT2D eigenvalue weighted by Crippen LogP contribution is -2.56. The highest BCUT2D eigenvalue weighted by atomic mass is 32.2. The standard InChI is InChI=1S/C17H20N2O4S2/c1-17(2)12(13(20)18-11(8-24-3)16(22)23)19-14(21)9-6-4-5-7-10(9)15(19)25-17/h4-7,11-12,15H,8H2,1-3H3,(H,18,20)(H,22,23). The highest BCUT2D eigenvalue weighted by Crippen LogP contribution is 2.56. The van der Waals surface area contributed by atoms with Crippen LogP contribution in [0.1, 0.15) is 35.1 Å². The summed E-state index contributed by atoms with van der Waals surface area (Å²) in [6.45, 7) is 3.83. The van der Waals surface area contributed by atoms with Crippen LogP contribution in [-0.4, -0.2) is 56.6 Å². The molecule has 3 atom stereocenters. The molecule has 134 valence electrons. The molecule has 0 saturated carbocycles. The summed E-state index contributed by atoms with van der Waals surface area (Å²) < 4.78 is -0.514. The molecule has 2 aliphatic heterocycles. The van der Waals surface area contributed by atoms with Gasteiger partial charge in [0.2, 0.25) is 5.91 Å². The predicted molar refractivity (Wildman–Crippen MR) is 98.8 cm³/mol. The monoisotopic (exact) mass is 380 g/mol. The molecule has 1 fully saturated rings. The first-order chi connectivity index (χ1) is 11.8. The molecule has 2 aliphatic rings. The van der Waals surface area contributed by atoms with E-state index in [1.54, 1.807) is 29.0 Å². The third-order valence-corrected chi connectivity index (χ3v) is 6.69. The van der Waals surface area contributed by atoms with Crippen LogP contribution < -0.4 is 5.32 Å². The number of carbonyl (C=O) groups is 3. The topological polar surface area (TPSA) is 86.7 Å². The fraction of sp³-hybridized carbons (Fsp3) is 0.471. The number of thioether (sulfide) groups is 2. The fourth-order valence-electron chi connectivity index (χ4n) is 3.40. The van der Waals surface area contributed by atoms with E-state index in [0.717, 1.165) is 5.56 Å². The van der Waals surface area contributed by atoms with Gasteiger partial charge in [0.25, 0.3) is 5.91 Å². The number of nitrogens with zero attached hydrogens (tertiary/aromatic N) is 1. The first-order valence-electron chi connectivity index (χ1n) is 7.89. The van der Waals surface area contributed by atoms with Crippen molar-refractivity contribution in [1.29, 1.82) is 0 Å². The number of fused-ring (bicyclic) bond motifs is 3. The van der Waals surface area contributed by atoms with Gasteiger partial charge >= 0.3 is 5.97 Å². The van der Waals surface area contributed by atoms with Gasteiger partial charge in [-0.05, 0) is 31.7 Å². The average molecular weight is 380 g/mol. The van der Waals surface area contributed by atoms with Gasteiger partial charge in [-0.2, -0.15) is 11.8 Å². The minimum Gasteiger partial charge on any atom is -0.480 e. The first-order valence-corrected chi connectivity index (χ1v) is 10.2. The second-order valence-corrected chi connectivity index (χ2v) is 9.28. The largest absolute Gasteiger partial charge is 0.480 e. The molecule has 2 N–H and O–H groups in total. The molecule has 0 radical (unpaired) electrons. The van der Waals surface area contributed by atoms with Gasteiger partial charge < -0.3 is 15.3 Å². The highest BCUT2D eigenvalue weighted by Gasteiger charge is 2.57. The van der Waals surface area contributed by atoms with Crippen molar-refractivity contribution >= 4 is 41.3 Å². The molecule has 2 heterocycles. The summed E-state index contributed by atoms with van der Waals surface area (Å²) in [7, 11) is 0. The smallest absolute Gasteiger partial charge is 0.327 e. The van der Waals surface area contributed by atoms with Crippen LogP contribution in [0.4, 0.5) is 0 Å². The van der Waals surface area contributed by atoms with E-state index in [2.05, 4.69) is 5.32 Å². The summed E-state index contributed by atoms with van der Waals surface area (Å²) in [5.41, 5.74) is 1.53. The minimum absolute atomic E-state index is 0.171. The number of aliphatic carboxylic acids is 1. The lowest BCUT2D eigenvalue weighted by molar-refractivity contribution is -0.141. The average Bonchev–Trinajstić information content (AvgIpc) is 2.97. The molecule has 0 aromatic heterocycles. The van der Waals surface area contributed by atoms with Crippen LogP contribution >= 0.6 is 23.5 Å². The van der Waals surface area contributed by atoms with Gasteiger partial charge in [-0.15, -0.1) is 11.8 Å². The van der Waals surface area contributed by atoms with Gasteiger partial charge in [0.05, 0.1) is 0 Å². The number of amides is 2. The van der Waals surface area contributed by atoms with E-state index < -0.39 is 28.7 Å². The van der Waals surface area contributed by atoms with Crippen molar-refractivity contribution in [3.8, 4) is 0 Å². The maximum absolute atomic E-state index is 12.9. The Morgan fingerprint density at radius 3 is 2.72 bits per heavy atom. The number of hydrogen-bond acceptors (Lipinski definition) is 5. The molecule has 0 bridgehead atoms. The van der Waals surface area contributed by atoms with Gasteiger partial charge in [0.1, 0.15) is 17.5 Å². The van der Waals surface area contributed by atoms with Crippen molar-refractivity contribution in [3.05, 3.63) is 35.4 Å². The Morgan fingerprint density at radius 2 is 2.08 bits per heavy atom. The molecule has 1 saturated heterocycles. The SMILES string of the molecule is CSCC(NC(=O)C1N2C(=O)c3ccccc3C2SC1(C)C)C(=O)O. The summed E-state index contributed by atoms with van der Waals surface area (Å²) in [5.74, 6) is -1.38. The number of carboxylic acid groups (broad SMARTS) is 1. The number of nitrogens with one attached hydrogen (secondary N) is 1. The van der Waals surface area contributed by atoms with Crippen LogP contribution in [0.5, 0.6) is 0 Å². The van der Waals surface area contributed by atoms with E-state index in [1.165, 1.54) is 11.8 Å². The van der Waals surface area contributed by atoms with Crippen molar-refractivity contribution in [2.75, 3.05) is 12.0 Å². The van der Waals surface area contributed by atoms with E-state index in [4.69, 9.17) is 0 Å². The molecule has 0 spiro atoms. The zero-order valence-corrected chi connectivity index (χ0v) is 15.8. The molecule has 1 aromatic carbocycles. The number of hydrogen-bond donors (Lipinski definition) is 2. The summed E-state index contributed by atoms with van der Waals surface area (Å²) >= 11 is 2.91. The quantitative estimate of drug-likeness (QED) is 0.812. The Kier molecular flexibility index (Phi) is 4.76. The molecule has 8 heteroatoms. The van der Waals surface area contributed by atoms with Gasteiger partial charge in [-0.3, -0.25) is 9.59 Å². The third-order valence-electron chi connectivity index (χ3n) is 4.49. The summed E-state index contributed by atoms with van der Waals surface area (Å²) in [6.07, 6.45) is 1.79. The first kappa shape index (κ1) is 18.1. The van der Waals surface area contributed by atoms with E-state index >= 15 is 0 Å². The number of rotatable bonds is 5. The lowest BCUT2D eigenvalue weighted by atomic mass is 10.0. The molecular weight excluding hydrogens is 360 g/mol. The molecule has 3 rings (SSSR count). The van der Waals surface area contributed by atoms with E-state index in [0.29, 0.717) is 5.56 Å². The van der Waals surface area contributed by atoms with Gasteiger partial charge in [-0.1, -0.05) is 18.2 Å². The number of carboxylic acids is 1. The van der Waals surface area contributed by atoms with Crippen LogP contribution in [0.25, 0.3) is 0 Å². The van der Waals surface area contributed by atoms with E-state index in [9.17, 15) is 19.5 Å². The molecule has 25 heavy (non-hydrogen) atoms. The Balaban J connectivity index is 1.90. The van der Waals surface area contributed by atoms with Crippen molar-refractivity contribution in [3.63, 3.8) is 0 Å². The molecule has 2 amide bonds. The summed E-state index contributed by atoms with van der Waals surface area (Å²) in [6, 6.07) is 5.69. The maximum Gasteiger partial charge on any atom is 0.327 e. The van der Waals surface area contributed by atoms with Crippen molar-refractivity contribution in [2.24, 2.45) is 0 Å². The lowest BCUT2D eigenvalue weighted by Gasteiger charge is -2.30. The van der Waals surface area contributed by atoms with Crippen LogP contribution in [-0.2, 0) is 9.59 Å². The molecular formula is C17H20N2O4S2. The van der Waals surface area contributed by atoms with E-state index in [-0.39, 0.29) is 17.0 Å². The Hall–Kier alpha value is -1.67. The number of benzene rings is 1. The van der Waals surface area contributed by atoms with E-state index in [1.807, 2.05) is 32.0 Å². The Labute approximate surface area is 154 Å². The van der Waals surface area contributed by atoms with Crippen LogP contribution in [0, 0.1) is 0 Å². The van der Waals surface area contributed by atoms with Gasteiger partial charge in [-0.25, -0.2) is 4.79 Å². The zero-order valence-electron chi connectivity index (χ0n) is 14.2. The molecule has 0 aliphatic carbocycles. The van der Waals surface area contributed by atoms with Crippen molar-refractivity contribution < 1.29 is 19.5 Å². The minimum atomic E-state index is -1.07. The number of carbonyl (C=O) groups excluding carboxylic acids is 2. The second-order valence-electron chi connectivity index (χ2n) is 6.63. The molecule has 1 aromatic rings. The van der Waals surface area contributed by atoms with Crippen molar-refractivity contribution in [2.45, 2.75) is 36.1 Å². The Bertz CT molecular complexity index is 737. The normalized spacial score (nSPS) is 24.6. The third kappa shape index (κ3) is 3.01. The zero-order chi connectivity index (χ0) is 18.4. The van der Waals surface area contributed by atoms with Crippen LogP contribution in [0.3, 0.4) is 0 Å².